The lowest BCUT2D eigenvalue weighted by Crippen LogP contribution is -2.42. The maximum Gasteiger partial charge on any atom is 0.305 e. The molecule has 8 rings (SSSR count). The van der Waals surface area contributed by atoms with E-state index in [0.717, 1.165) is 31.9 Å². The third-order valence-electron chi connectivity index (χ3n) is 9.81. The summed E-state index contributed by atoms with van der Waals surface area (Å²) in [5.41, 5.74) is 3.16. The third kappa shape index (κ3) is 4.85. The molecule has 2 saturated carbocycles. The van der Waals surface area contributed by atoms with Crippen LogP contribution >= 0.6 is 50.6 Å². The van der Waals surface area contributed by atoms with Crippen molar-refractivity contribution in [3.63, 3.8) is 0 Å². The Bertz CT molecular complexity index is 1960. The average molecular weight is 737 g/mol. The molecule has 3 amide bonds. The van der Waals surface area contributed by atoms with Crippen molar-refractivity contribution < 1.29 is 19.1 Å². The van der Waals surface area contributed by atoms with Gasteiger partial charge in [0, 0.05) is 36.8 Å². The molecule has 0 spiro atoms. The number of carbonyl (C=O) groups excluding carboxylic acids is 3. The van der Waals surface area contributed by atoms with Crippen molar-refractivity contribution in [2.24, 2.45) is 29.6 Å². The number of H-pyrrole nitrogens is 1. The summed E-state index contributed by atoms with van der Waals surface area (Å²) in [6, 6.07) is 20.1. The maximum absolute atomic E-state index is 14.0. The molecule has 3 fully saturated rings. The molecule has 2 N–H and O–H groups in total. The summed E-state index contributed by atoms with van der Waals surface area (Å²) in [5.74, 6) is -1.28. The molecule has 1 saturated heterocycles. The first-order valence-electron chi connectivity index (χ1n) is 15.0. The van der Waals surface area contributed by atoms with E-state index in [9.17, 15) is 19.2 Å². The predicted molar refractivity (Wildman–Crippen MR) is 182 cm³/mol. The number of ether oxygens (including phenoxy) is 1. The van der Waals surface area contributed by atoms with Crippen LogP contribution in [0.5, 0.6) is 5.75 Å². The number of halogens is 2. The monoisotopic (exact) mass is 735 g/mol. The smallest absolute Gasteiger partial charge is 0.305 e. The number of aromatic nitrogens is 1. The van der Waals surface area contributed by atoms with Gasteiger partial charge in [0.25, 0.3) is 5.91 Å². The van der Waals surface area contributed by atoms with Crippen LogP contribution in [-0.4, -0.2) is 34.6 Å². The minimum Gasteiger partial charge on any atom is -0.483 e. The van der Waals surface area contributed by atoms with Crippen LogP contribution in [0.2, 0.25) is 5.02 Å². The third-order valence-corrected chi connectivity index (χ3v) is 13.1. The molecule has 2 aliphatic heterocycles. The number of imide groups is 1. The van der Waals surface area contributed by atoms with E-state index in [1.165, 1.54) is 16.2 Å². The van der Waals surface area contributed by atoms with E-state index in [0.29, 0.717) is 22.1 Å². The van der Waals surface area contributed by atoms with Crippen molar-refractivity contribution in [3.05, 3.63) is 102 Å². The van der Waals surface area contributed by atoms with Crippen molar-refractivity contribution in [2.45, 2.75) is 29.5 Å². The van der Waals surface area contributed by atoms with Gasteiger partial charge in [-0.3, -0.25) is 24.1 Å². The molecule has 0 radical (unpaired) electrons. The number of aryl methyl sites for hydroxylation is 1. The summed E-state index contributed by atoms with van der Waals surface area (Å²) in [7, 11) is 0. The topological polar surface area (TPSA) is 109 Å². The summed E-state index contributed by atoms with van der Waals surface area (Å²) in [6.45, 7) is 1.78. The van der Waals surface area contributed by atoms with Crippen LogP contribution in [0.3, 0.4) is 0 Å². The second-order valence-corrected chi connectivity index (χ2v) is 15.9. The number of hydrogen-bond donors (Lipinski definition) is 2. The Morgan fingerprint density at radius 3 is 2.48 bits per heavy atom. The van der Waals surface area contributed by atoms with Crippen LogP contribution in [-0.2, 0) is 14.4 Å². The molecule has 3 aromatic carbocycles. The molecular weight excluding hydrogens is 710 g/mol. The number of anilines is 2. The Hall–Kier alpha value is -3.38. The van der Waals surface area contributed by atoms with E-state index in [1.54, 1.807) is 36.0 Å². The summed E-state index contributed by atoms with van der Waals surface area (Å²) in [5, 5.41) is 4.24. The summed E-state index contributed by atoms with van der Waals surface area (Å²) >= 11 is 12.5. The van der Waals surface area contributed by atoms with Crippen LogP contribution in [0.15, 0.2) is 81.0 Å². The van der Waals surface area contributed by atoms with Gasteiger partial charge in [-0.1, -0.05) is 56.6 Å². The molecule has 2 bridgehead atoms. The second kappa shape index (κ2) is 11.4. The number of nitrogens with one attached hydrogen (secondary N) is 2. The molecule has 7 atom stereocenters. The fourth-order valence-electron chi connectivity index (χ4n) is 8.08. The van der Waals surface area contributed by atoms with Gasteiger partial charge in [-0.05, 0) is 85.7 Å². The molecule has 1 aromatic heterocycles. The lowest BCUT2D eigenvalue weighted by molar-refractivity contribution is -0.123. The first kappa shape index (κ1) is 30.0. The van der Waals surface area contributed by atoms with Crippen molar-refractivity contribution in [3.8, 4) is 5.75 Å². The van der Waals surface area contributed by atoms with Gasteiger partial charge < -0.3 is 15.0 Å². The van der Waals surface area contributed by atoms with Gasteiger partial charge in [0.2, 0.25) is 11.8 Å². The number of fused-ring (bicyclic) bond motifs is 9. The zero-order valence-electron chi connectivity index (χ0n) is 24.4. The Morgan fingerprint density at radius 2 is 1.74 bits per heavy atom. The number of amides is 3. The average Bonchev–Trinajstić information content (AvgIpc) is 3.77. The zero-order valence-corrected chi connectivity index (χ0v) is 28.3. The van der Waals surface area contributed by atoms with Crippen LogP contribution in [0.4, 0.5) is 11.4 Å². The van der Waals surface area contributed by atoms with Crippen molar-refractivity contribution >= 4 is 79.7 Å². The molecule has 2 aliphatic carbocycles. The summed E-state index contributed by atoms with van der Waals surface area (Å²) < 4.78 is 7.03. The minimum absolute atomic E-state index is 0.0184. The fourth-order valence-corrected chi connectivity index (χ4v) is 11.5. The van der Waals surface area contributed by atoms with Crippen LogP contribution in [0.25, 0.3) is 0 Å². The number of rotatable bonds is 6. The number of thiazole rings is 1. The fraction of sp³-hybridized carbons (Fsp3) is 0.294. The Balaban J connectivity index is 1.14. The highest BCUT2D eigenvalue weighted by Gasteiger charge is 2.69. The second-order valence-electron chi connectivity index (χ2n) is 12.3. The number of carbonyl (C=O) groups is 3. The Kier molecular flexibility index (Phi) is 7.43. The molecule has 4 aliphatic rings. The first-order valence-corrected chi connectivity index (χ1v) is 17.9. The predicted octanol–water partition coefficient (Wildman–Crippen LogP) is 6.86. The molecule has 3 heterocycles. The number of aromatic amines is 1. The van der Waals surface area contributed by atoms with Crippen molar-refractivity contribution in [1.29, 1.82) is 0 Å². The molecule has 12 heteroatoms. The van der Waals surface area contributed by atoms with Gasteiger partial charge in [-0.15, -0.1) is 11.8 Å². The number of thioether (sulfide) groups is 1. The van der Waals surface area contributed by atoms with Gasteiger partial charge in [-0.25, -0.2) is 0 Å². The molecule has 0 unspecified atom stereocenters. The van der Waals surface area contributed by atoms with E-state index in [-0.39, 0.29) is 58.1 Å². The lowest BCUT2D eigenvalue weighted by Gasteiger charge is -2.43. The van der Waals surface area contributed by atoms with Gasteiger partial charge in [0.1, 0.15) is 5.75 Å². The van der Waals surface area contributed by atoms with Crippen molar-refractivity contribution in [2.75, 3.05) is 16.8 Å². The Morgan fingerprint density at radius 1 is 1.02 bits per heavy atom. The molecule has 46 heavy (non-hydrogen) atoms. The van der Waals surface area contributed by atoms with Crippen LogP contribution in [0.1, 0.15) is 28.3 Å². The van der Waals surface area contributed by atoms with Crippen LogP contribution < -0.4 is 19.8 Å². The van der Waals surface area contributed by atoms with E-state index >= 15 is 0 Å². The van der Waals surface area contributed by atoms with E-state index in [1.807, 2.05) is 49.4 Å². The standard InChI is InChI=1S/C34H27BrClN3O5S2/c1-15-2-7-18(8-3-15)37-24(40)14-44-23-11-4-16(35)12-20(23)25-26-21-13-22(29(26)45-31-30(25)46-34(43)38-31)28-27(21)32(41)39(33(28)42)19-9-5-17(36)6-10-19/h2-12,21-22,25-29H,13-14H2,1H3,(H,37,40)(H,38,43)/t21-,22-,25+,26-,27+,28+,29-/m1/s1. The van der Waals surface area contributed by atoms with E-state index < -0.39 is 11.8 Å². The zero-order chi connectivity index (χ0) is 31.9. The maximum atomic E-state index is 14.0. The van der Waals surface area contributed by atoms with Gasteiger partial charge >= 0.3 is 4.87 Å². The lowest BCUT2D eigenvalue weighted by atomic mass is 9.68. The van der Waals surface area contributed by atoms with E-state index in [2.05, 4.69) is 26.2 Å². The SMILES string of the molecule is Cc1ccc(NC(=O)COc2ccc(Br)cc2[C@@H]2c3sc(=O)[nH]c3S[C@@H]3[C@@H]4C[C@@H]([C@@H]5C(=O)N(c6ccc(Cl)cc6)C(=O)[C@@H]45)[C@H]23)cc1. The van der Waals surface area contributed by atoms with Gasteiger partial charge in [0.05, 0.1) is 22.5 Å². The summed E-state index contributed by atoms with van der Waals surface area (Å²) in [4.78, 5) is 58.7. The quantitative estimate of drug-likeness (QED) is 0.210. The first-order chi connectivity index (χ1) is 22.2. The largest absolute Gasteiger partial charge is 0.483 e. The van der Waals surface area contributed by atoms with E-state index in [4.69, 9.17) is 16.3 Å². The number of benzene rings is 3. The van der Waals surface area contributed by atoms with Gasteiger partial charge in [-0.2, -0.15) is 0 Å². The van der Waals surface area contributed by atoms with Crippen molar-refractivity contribution in [1.82, 2.24) is 4.98 Å². The molecule has 4 aromatic rings. The summed E-state index contributed by atoms with van der Waals surface area (Å²) in [6.07, 6.45) is 0.766. The highest BCUT2D eigenvalue weighted by atomic mass is 79.9. The number of hydrogen-bond acceptors (Lipinski definition) is 7. The normalized spacial score (nSPS) is 27.4. The Labute approximate surface area is 286 Å². The van der Waals surface area contributed by atoms with Crippen LogP contribution in [0, 0.1) is 36.5 Å². The highest BCUT2D eigenvalue weighted by molar-refractivity contribution is 9.10. The highest BCUT2D eigenvalue weighted by Crippen LogP contribution is 2.69. The van der Waals surface area contributed by atoms with Gasteiger partial charge in [0.15, 0.2) is 6.61 Å². The molecular formula is C34H27BrClN3O5S2. The minimum atomic E-state index is -0.438. The molecule has 234 valence electrons. The molecule has 8 nitrogen and oxygen atoms in total. The number of nitrogens with zero attached hydrogens (tertiary/aromatic N) is 1.